The predicted octanol–water partition coefficient (Wildman–Crippen LogP) is 1.75. The average Bonchev–Trinajstić information content (AvgIpc) is 2.33. The highest BCUT2D eigenvalue weighted by atomic mass is 16.5. The molecule has 2 rings (SSSR count). The summed E-state index contributed by atoms with van der Waals surface area (Å²) in [6, 6.07) is 11.8. The van der Waals surface area contributed by atoms with Crippen LogP contribution in [0.4, 0.5) is 0 Å². The van der Waals surface area contributed by atoms with Crippen LogP contribution < -0.4 is 10.5 Å². The molecule has 0 aliphatic heterocycles. The number of aryl methyl sites for hydroxylation is 1. The molecule has 0 bridgehead atoms. The number of nitrogens with two attached hydrogens (primary N) is 1. The summed E-state index contributed by atoms with van der Waals surface area (Å²) >= 11 is 0. The van der Waals surface area contributed by atoms with Crippen molar-refractivity contribution in [3.63, 3.8) is 0 Å². The Labute approximate surface area is 94.7 Å². The molecule has 0 radical (unpaired) electrons. The van der Waals surface area contributed by atoms with E-state index in [4.69, 9.17) is 5.73 Å². The lowest BCUT2D eigenvalue weighted by Gasteiger charge is -2.09. The zero-order chi connectivity index (χ0) is 11.5. The Morgan fingerprint density at radius 3 is 2.56 bits per heavy atom. The zero-order valence-corrected chi connectivity index (χ0v) is 9.18. The SMILES string of the molecule is Cc1cc(-c2ccccc2)c(CN)c[n+]1[O-]. The van der Waals surface area contributed by atoms with E-state index < -0.39 is 0 Å². The third-order valence-electron chi connectivity index (χ3n) is 2.62. The Morgan fingerprint density at radius 2 is 1.94 bits per heavy atom. The second-order valence-electron chi connectivity index (χ2n) is 3.75. The molecule has 0 fully saturated rings. The Kier molecular flexibility index (Phi) is 2.88. The number of aromatic nitrogens is 1. The van der Waals surface area contributed by atoms with Crippen molar-refractivity contribution in [1.82, 2.24) is 0 Å². The van der Waals surface area contributed by atoms with E-state index in [1.807, 2.05) is 36.4 Å². The smallest absolute Gasteiger partial charge is 0.190 e. The number of hydrogen-bond donors (Lipinski definition) is 1. The molecule has 1 aromatic heterocycles. The summed E-state index contributed by atoms with van der Waals surface area (Å²) in [5.41, 5.74) is 9.32. The van der Waals surface area contributed by atoms with Gasteiger partial charge in [0.25, 0.3) is 0 Å². The first-order valence-corrected chi connectivity index (χ1v) is 5.20. The fourth-order valence-electron chi connectivity index (χ4n) is 1.73. The fraction of sp³-hybridized carbons (Fsp3) is 0.154. The number of benzene rings is 1. The standard InChI is InChI=1S/C13H14N2O/c1-10-7-13(11-5-3-2-4-6-11)12(8-14)9-15(10)16/h2-7,9H,8,14H2,1H3. The number of rotatable bonds is 2. The van der Waals surface area contributed by atoms with E-state index in [1.165, 1.54) is 0 Å². The summed E-state index contributed by atoms with van der Waals surface area (Å²) in [7, 11) is 0. The highest BCUT2D eigenvalue weighted by Gasteiger charge is 2.10. The lowest BCUT2D eigenvalue weighted by atomic mass is 10.0. The summed E-state index contributed by atoms with van der Waals surface area (Å²) < 4.78 is 0.856. The second-order valence-corrected chi connectivity index (χ2v) is 3.75. The van der Waals surface area contributed by atoms with Crippen LogP contribution in [0.1, 0.15) is 11.3 Å². The predicted molar refractivity (Wildman–Crippen MR) is 63.5 cm³/mol. The third kappa shape index (κ3) is 1.90. The van der Waals surface area contributed by atoms with Gasteiger partial charge in [0.15, 0.2) is 11.9 Å². The van der Waals surface area contributed by atoms with Crippen LogP contribution >= 0.6 is 0 Å². The van der Waals surface area contributed by atoms with Crippen molar-refractivity contribution < 1.29 is 4.73 Å². The Hall–Kier alpha value is -1.87. The number of pyridine rings is 1. The summed E-state index contributed by atoms with van der Waals surface area (Å²) in [6.45, 7) is 2.16. The van der Waals surface area contributed by atoms with Crippen molar-refractivity contribution in [2.24, 2.45) is 5.73 Å². The van der Waals surface area contributed by atoms with E-state index in [0.717, 1.165) is 21.4 Å². The molecule has 0 aliphatic carbocycles. The van der Waals surface area contributed by atoms with E-state index in [0.29, 0.717) is 12.2 Å². The first-order valence-electron chi connectivity index (χ1n) is 5.20. The molecule has 0 saturated carbocycles. The third-order valence-corrected chi connectivity index (χ3v) is 2.62. The van der Waals surface area contributed by atoms with Crippen LogP contribution in [0, 0.1) is 12.1 Å². The second kappa shape index (κ2) is 4.33. The maximum Gasteiger partial charge on any atom is 0.190 e. The van der Waals surface area contributed by atoms with Crippen molar-refractivity contribution >= 4 is 0 Å². The van der Waals surface area contributed by atoms with Gasteiger partial charge in [0.1, 0.15) is 0 Å². The maximum absolute atomic E-state index is 11.4. The molecule has 0 saturated heterocycles. The van der Waals surface area contributed by atoms with Crippen LogP contribution in [0.3, 0.4) is 0 Å². The van der Waals surface area contributed by atoms with E-state index in [-0.39, 0.29) is 0 Å². The van der Waals surface area contributed by atoms with Gasteiger partial charge in [-0.25, -0.2) is 0 Å². The van der Waals surface area contributed by atoms with Crippen LogP contribution in [-0.2, 0) is 6.54 Å². The van der Waals surface area contributed by atoms with E-state index in [9.17, 15) is 5.21 Å². The van der Waals surface area contributed by atoms with Crippen molar-refractivity contribution in [1.29, 1.82) is 0 Å². The van der Waals surface area contributed by atoms with E-state index in [2.05, 4.69) is 0 Å². The average molecular weight is 214 g/mol. The Morgan fingerprint density at radius 1 is 1.25 bits per heavy atom. The molecule has 0 atom stereocenters. The van der Waals surface area contributed by atoms with Gasteiger partial charge in [-0.1, -0.05) is 30.3 Å². The molecular weight excluding hydrogens is 200 g/mol. The quantitative estimate of drug-likeness (QED) is 0.611. The molecule has 3 nitrogen and oxygen atoms in total. The molecule has 3 heteroatoms. The van der Waals surface area contributed by atoms with Gasteiger partial charge in [0.05, 0.1) is 0 Å². The van der Waals surface area contributed by atoms with E-state index >= 15 is 0 Å². The first kappa shape index (κ1) is 10.6. The molecule has 0 unspecified atom stereocenters. The monoisotopic (exact) mass is 214 g/mol. The molecule has 1 aromatic carbocycles. The number of nitrogens with zero attached hydrogens (tertiary/aromatic N) is 1. The fourth-order valence-corrected chi connectivity index (χ4v) is 1.73. The van der Waals surface area contributed by atoms with Crippen LogP contribution in [0.25, 0.3) is 11.1 Å². The Balaban J connectivity index is 2.60. The summed E-state index contributed by atoms with van der Waals surface area (Å²) in [5, 5.41) is 11.4. The maximum atomic E-state index is 11.4. The molecular formula is C13H14N2O. The van der Waals surface area contributed by atoms with Crippen LogP contribution in [-0.4, -0.2) is 0 Å². The molecule has 1 heterocycles. The van der Waals surface area contributed by atoms with E-state index in [1.54, 1.807) is 13.1 Å². The van der Waals surface area contributed by atoms with Crippen LogP contribution in [0.2, 0.25) is 0 Å². The minimum Gasteiger partial charge on any atom is -0.618 e. The summed E-state index contributed by atoms with van der Waals surface area (Å²) in [4.78, 5) is 0. The number of hydrogen-bond acceptors (Lipinski definition) is 2. The highest BCUT2D eigenvalue weighted by molar-refractivity contribution is 5.66. The van der Waals surface area contributed by atoms with Gasteiger partial charge in [-0.15, -0.1) is 0 Å². The Bertz CT molecular complexity index is 495. The lowest BCUT2D eigenvalue weighted by Crippen LogP contribution is -2.30. The minimum atomic E-state index is 0.368. The summed E-state index contributed by atoms with van der Waals surface area (Å²) in [5.74, 6) is 0. The van der Waals surface area contributed by atoms with Gasteiger partial charge in [-0.3, -0.25) is 0 Å². The first-order chi connectivity index (χ1) is 7.72. The van der Waals surface area contributed by atoms with Gasteiger partial charge in [0, 0.05) is 25.1 Å². The topological polar surface area (TPSA) is 53.0 Å². The van der Waals surface area contributed by atoms with Gasteiger partial charge < -0.3 is 10.9 Å². The molecule has 2 aromatic rings. The van der Waals surface area contributed by atoms with Gasteiger partial charge in [0.2, 0.25) is 0 Å². The zero-order valence-electron chi connectivity index (χ0n) is 9.18. The van der Waals surface area contributed by atoms with Crippen molar-refractivity contribution in [3.05, 3.63) is 59.1 Å². The minimum absolute atomic E-state index is 0.368. The van der Waals surface area contributed by atoms with Crippen LogP contribution in [0.15, 0.2) is 42.6 Å². The molecule has 82 valence electrons. The van der Waals surface area contributed by atoms with Crippen LogP contribution in [0.5, 0.6) is 0 Å². The molecule has 2 N–H and O–H groups in total. The van der Waals surface area contributed by atoms with Gasteiger partial charge in [-0.05, 0) is 11.1 Å². The largest absolute Gasteiger partial charge is 0.618 e. The van der Waals surface area contributed by atoms with Gasteiger partial charge in [-0.2, -0.15) is 4.73 Å². The lowest BCUT2D eigenvalue weighted by molar-refractivity contribution is -0.612. The van der Waals surface area contributed by atoms with Crippen molar-refractivity contribution in [2.45, 2.75) is 13.5 Å². The summed E-state index contributed by atoms with van der Waals surface area (Å²) in [6.07, 6.45) is 1.55. The van der Waals surface area contributed by atoms with Gasteiger partial charge >= 0.3 is 0 Å². The normalized spacial score (nSPS) is 10.4. The molecule has 0 aliphatic rings. The molecule has 16 heavy (non-hydrogen) atoms. The van der Waals surface area contributed by atoms with Crippen molar-refractivity contribution in [3.8, 4) is 11.1 Å². The highest BCUT2D eigenvalue weighted by Crippen LogP contribution is 2.22. The molecule has 0 amide bonds. The molecule has 0 spiro atoms. The van der Waals surface area contributed by atoms with Crippen molar-refractivity contribution in [2.75, 3.05) is 0 Å².